The van der Waals surface area contributed by atoms with Crippen molar-refractivity contribution in [3.05, 3.63) is 59.7 Å². The maximum absolute atomic E-state index is 11.9. The molecule has 3 rings (SSSR count). The number of nitrogens with zero attached hydrogens (tertiary/aromatic N) is 2. The van der Waals surface area contributed by atoms with Gasteiger partial charge in [-0.15, -0.1) is 0 Å². The second-order valence-electron chi connectivity index (χ2n) is 5.45. The first-order valence-electron chi connectivity index (χ1n) is 7.39. The van der Waals surface area contributed by atoms with Crippen molar-refractivity contribution in [3.63, 3.8) is 0 Å². The number of amides is 1. The van der Waals surface area contributed by atoms with Crippen LogP contribution < -0.4 is 4.74 Å². The van der Waals surface area contributed by atoms with Gasteiger partial charge in [0.15, 0.2) is 0 Å². The number of benzene rings is 2. The highest BCUT2D eigenvalue weighted by atomic mass is 16.5. The summed E-state index contributed by atoms with van der Waals surface area (Å²) in [5, 5.41) is 15.4. The van der Waals surface area contributed by atoms with Gasteiger partial charge in [-0.25, -0.2) is 5.01 Å². The summed E-state index contributed by atoms with van der Waals surface area (Å²) < 4.78 is 5.16. The first kappa shape index (κ1) is 15.1. The van der Waals surface area contributed by atoms with Crippen molar-refractivity contribution in [2.24, 2.45) is 5.10 Å². The Hall–Kier alpha value is -2.82. The van der Waals surface area contributed by atoms with Gasteiger partial charge in [0.2, 0.25) is 5.91 Å². The van der Waals surface area contributed by atoms with Gasteiger partial charge in [0.25, 0.3) is 0 Å². The number of methoxy groups -OCH3 is 1. The number of hydrazone groups is 1. The van der Waals surface area contributed by atoms with Gasteiger partial charge in [-0.3, -0.25) is 4.79 Å². The lowest BCUT2D eigenvalue weighted by Crippen LogP contribution is -2.24. The van der Waals surface area contributed by atoms with Crippen LogP contribution in [0.25, 0.3) is 0 Å². The van der Waals surface area contributed by atoms with Gasteiger partial charge in [0.1, 0.15) is 11.5 Å². The van der Waals surface area contributed by atoms with Crippen molar-refractivity contribution in [2.45, 2.75) is 19.4 Å². The monoisotopic (exact) mass is 310 g/mol. The molecular formula is C18H18N2O3. The number of carbonyl (C=O) groups excluding carboxylic acids is 1. The summed E-state index contributed by atoms with van der Waals surface area (Å²) in [4.78, 5) is 11.9. The Morgan fingerprint density at radius 2 is 1.83 bits per heavy atom. The fraction of sp³-hybridized carbons (Fsp3) is 0.222. The van der Waals surface area contributed by atoms with Crippen molar-refractivity contribution >= 4 is 11.6 Å². The quantitative estimate of drug-likeness (QED) is 0.947. The first-order chi connectivity index (χ1) is 11.1. The molecule has 1 N–H and O–H groups in total. The van der Waals surface area contributed by atoms with E-state index in [2.05, 4.69) is 5.10 Å². The summed E-state index contributed by atoms with van der Waals surface area (Å²) in [6.45, 7) is 1.51. The van der Waals surface area contributed by atoms with Crippen molar-refractivity contribution in [3.8, 4) is 11.5 Å². The molecule has 0 spiro atoms. The molecule has 0 fully saturated rings. The predicted octanol–water partition coefficient (Wildman–Crippen LogP) is 3.10. The number of aromatic hydroxyl groups is 1. The van der Waals surface area contributed by atoms with E-state index < -0.39 is 0 Å². The van der Waals surface area contributed by atoms with Crippen LogP contribution in [0.3, 0.4) is 0 Å². The second-order valence-corrected chi connectivity index (χ2v) is 5.45. The van der Waals surface area contributed by atoms with E-state index in [1.165, 1.54) is 11.9 Å². The molecule has 0 bridgehead atoms. The average Bonchev–Trinajstić information content (AvgIpc) is 3.01. The van der Waals surface area contributed by atoms with E-state index in [-0.39, 0.29) is 17.7 Å². The molecule has 2 aromatic carbocycles. The van der Waals surface area contributed by atoms with Crippen LogP contribution in [-0.4, -0.2) is 28.8 Å². The molecular weight excluding hydrogens is 292 g/mol. The topological polar surface area (TPSA) is 62.1 Å². The van der Waals surface area contributed by atoms with Gasteiger partial charge in [0, 0.05) is 13.3 Å². The number of phenolic OH excluding ortho intramolecular Hbond substituents is 1. The van der Waals surface area contributed by atoms with E-state index in [4.69, 9.17) is 4.74 Å². The summed E-state index contributed by atoms with van der Waals surface area (Å²) >= 11 is 0. The van der Waals surface area contributed by atoms with Crippen molar-refractivity contribution in [1.82, 2.24) is 5.01 Å². The van der Waals surface area contributed by atoms with Crippen LogP contribution >= 0.6 is 0 Å². The van der Waals surface area contributed by atoms with E-state index in [0.717, 1.165) is 22.6 Å². The normalized spacial score (nSPS) is 17.0. The number of carbonyl (C=O) groups is 1. The summed E-state index contributed by atoms with van der Waals surface area (Å²) in [6, 6.07) is 14.4. The Bertz CT molecular complexity index is 736. The summed E-state index contributed by atoms with van der Waals surface area (Å²) in [5.41, 5.74) is 2.78. The molecule has 2 aromatic rings. The number of hydrogen-bond acceptors (Lipinski definition) is 4. The molecule has 1 aliphatic rings. The summed E-state index contributed by atoms with van der Waals surface area (Å²) in [6.07, 6.45) is 0.636. The molecule has 1 aliphatic heterocycles. The molecule has 1 unspecified atom stereocenters. The largest absolute Gasteiger partial charge is 0.508 e. The third-order valence-electron chi connectivity index (χ3n) is 3.93. The Morgan fingerprint density at radius 1 is 1.17 bits per heavy atom. The third kappa shape index (κ3) is 3.04. The van der Waals surface area contributed by atoms with Crippen LogP contribution in [0.2, 0.25) is 0 Å². The van der Waals surface area contributed by atoms with Crippen molar-refractivity contribution in [1.29, 1.82) is 0 Å². The molecule has 0 saturated heterocycles. The minimum atomic E-state index is -0.148. The van der Waals surface area contributed by atoms with Crippen molar-refractivity contribution < 1.29 is 14.6 Å². The maximum atomic E-state index is 11.9. The highest BCUT2D eigenvalue weighted by molar-refractivity contribution is 6.03. The molecule has 0 aromatic heterocycles. The molecule has 1 amide bonds. The lowest BCUT2D eigenvalue weighted by molar-refractivity contribution is -0.130. The molecule has 1 heterocycles. The fourth-order valence-electron chi connectivity index (χ4n) is 2.71. The minimum Gasteiger partial charge on any atom is -0.508 e. The zero-order chi connectivity index (χ0) is 16.4. The molecule has 118 valence electrons. The Labute approximate surface area is 134 Å². The Morgan fingerprint density at radius 3 is 2.39 bits per heavy atom. The zero-order valence-electron chi connectivity index (χ0n) is 13.1. The third-order valence-corrected chi connectivity index (χ3v) is 3.93. The summed E-state index contributed by atoms with van der Waals surface area (Å²) in [5.74, 6) is 0.884. The Balaban J connectivity index is 1.90. The van der Waals surface area contributed by atoms with E-state index in [1.54, 1.807) is 19.2 Å². The fourth-order valence-corrected chi connectivity index (χ4v) is 2.71. The van der Waals surface area contributed by atoms with Crippen molar-refractivity contribution in [2.75, 3.05) is 7.11 Å². The summed E-state index contributed by atoms with van der Waals surface area (Å²) in [7, 11) is 1.63. The predicted molar refractivity (Wildman–Crippen MR) is 87.5 cm³/mol. The van der Waals surface area contributed by atoms with E-state index >= 15 is 0 Å². The van der Waals surface area contributed by atoms with Gasteiger partial charge >= 0.3 is 0 Å². The van der Waals surface area contributed by atoms with E-state index in [0.29, 0.717) is 6.42 Å². The van der Waals surface area contributed by atoms with Crippen LogP contribution in [0.1, 0.15) is 30.5 Å². The van der Waals surface area contributed by atoms with Crippen LogP contribution in [0.5, 0.6) is 11.5 Å². The molecule has 1 atom stereocenters. The van der Waals surface area contributed by atoms with Gasteiger partial charge < -0.3 is 9.84 Å². The highest BCUT2D eigenvalue weighted by Gasteiger charge is 2.31. The van der Waals surface area contributed by atoms with Crippen LogP contribution in [-0.2, 0) is 4.79 Å². The van der Waals surface area contributed by atoms with E-state index in [1.807, 2.05) is 36.4 Å². The molecule has 0 radical (unpaired) electrons. The lowest BCUT2D eigenvalue weighted by Gasteiger charge is -2.20. The lowest BCUT2D eigenvalue weighted by atomic mass is 9.98. The second kappa shape index (κ2) is 6.12. The zero-order valence-corrected chi connectivity index (χ0v) is 13.1. The van der Waals surface area contributed by atoms with Gasteiger partial charge in [-0.1, -0.05) is 12.1 Å². The van der Waals surface area contributed by atoms with Gasteiger partial charge in [-0.2, -0.15) is 5.10 Å². The Kier molecular flexibility index (Phi) is 4.02. The molecule has 0 aliphatic carbocycles. The number of ether oxygens (including phenoxy) is 1. The van der Waals surface area contributed by atoms with E-state index in [9.17, 15) is 9.90 Å². The van der Waals surface area contributed by atoms with Crippen LogP contribution in [0.15, 0.2) is 53.6 Å². The first-order valence-corrected chi connectivity index (χ1v) is 7.39. The number of rotatable bonds is 3. The number of hydrogen-bond donors (Lipinski definition) is 1. The van der Waals surface area contributed by atoms with Crippen LogP contribution in [0, 0.1) is 0 Å². The van der Waals surface area contributed by atoms with Gasteiger partial charge in [-0.05, 0) is 47.5 Å². The molecule has 23 heavy (non-hydrogen) atoms. The highest BCUT2D eigenvalue weighted by Crippen LogP contribution is 2.33. The standard InChI is InChI=1S/C18H18N2O3/c1-12(21)20-18(14-3-7-15(22)8-4-14)11-17(19-20)13-5-9-16(23-2)10-6-13/h3-10,18,22H,11H2,1-2H3. The smallest absolute Gasteiger partial charge is 0.240 e. The maximum Gasteiger partial charge on any atom is 0.240 e. The molecule has 0 saturated carbocycles. The average molecular weight is 310 g/mol. The van der Waals surface area contributed by atoms with Gasteiger partial charge in [0.05, 0.1) is 18.9 Å². The SMILES string of the molecule is COc1ccc(C2=NN(C(C)=O)C(c3ccc(O)cc3)C2)cc1. The molecule has 5 nitrogen and oxygen atoms in total. The molecule has 5 heteroatoms. The minimum absolute atomic E-state index is 0.105. The number of phenols is 1. The van der Waals surface area contributed by atoms with Crippen LogP contribution in [0.4, 0.5) is 0 Å².